The van der Waals surface area contributed by atoms with Crippen LogP contribution >= 0.6 is 0 Å². The van der Waals surface area contributed by atoms with Crippen LogP contribution in [0, 0.1) is 5.82 Å². The standard InChI is InChI=1S/C30H19F4NO6/c1-41-27(38)16-7-5-15(6-8-16)19-3-2-4-21-20-11-9-17(26(36)37)13-22(20)29(25(19)21,28(39)40)35-24-14-18(30(32,33)34)10-12-23(24)31/h2-14,35H,1H3,(H,36,37)(H,39,40). The van der Waals surface area contributed by atoms with Crippen molar-refractivity contribution in [1.29, 1.82) is 0 Å². The molecule has 11 heteroatoms. The lowest BCUT2D eigenvalue weighted by Crippen LogP contribution is -2.44. The zero-order valence-corrected chi connectivity index (χ0v) is 21.0. The quantitative estimate of drug-likeness (QED) is 0.183. The topological polar surface area (TPSA) is 113 Å². The molecule has 0 saturated carbocycles. The third-order valence-corrected chi connectivity index (χ3v) is 6.95. The number of carboxylic acids is 2. The van der Waals surface area contributed by atoms with Gasteiger partial charge in [-0.15, -0.1) is 0 Å². The summed E-state index contributed by atoms with van der Waals surface area (Å²) in [5.74, 6) is -4.74. The Kier molecular flexibility index (Phi) is 6.53. The van der Waals surface area contributed by atoms with Crippen LogP contribution in [0.25, 0.3) is 22.3 Å². The molecule has 0 fully saturated rings. The molecule has 41 heavy (non-hydrogen) atoms. The minimum atomic E-state index is -4.85. The van der Waals surface area contributed by atoms with E-state index >= 15 is 4.39 Å². The number of halogens is 4. The number of fused-ring (bicyclic) bond motifs is 3. The first kappa shape index (κ1) is 27.4. The first-order valence-electron chi connectivity index (χ1n) is 12.0. The average Bonchev–Trinajstić information content (AvgIpc) is 3.23. The Bertz CT molecular complexity index is 1730. The Hall–Kier alpha value is -5.19. The maximum atomic E-state index is 15.0. The molecule has 1 atom stereocenters. The number of methoxy groups -OCH3 is 1. The second-order valence-corrected chi connectivity index (χ2v) is 9.24. The zero-order chi connectivity index (χ0) is 29.7. The number of carbonyl (C=O) groups is 3. The van der Waals surface area contributed by atoms with Gasteiger partial charge in [0.25, 0.3) is 0 Å². The summed E-state index contributed by atoms with van der Waals surface area (Å²) in [5.41, 5.74) is -3.14. The molecule has 0 amide bonds. The van der Waals surface area contributed by atoms with Crippen LogP contribution in [0.2, 0.25) is 0 Å². The van der Waals surface area contributed by atoms with E-state index in [1.165, 1.54) is 43.5 Å². The van der Waals surface area contributed by atoms with Gasteiger partial charge in [0.2, 0.25) is 0 Å². The average molecular weight is 565 g/mol. The highest BCUT2D eigenvalue weighted by molar-refractivity contribution is 6.04. The summed E-state index contributed by atoms with van der Waals surface area (Å²) >= 11 is 0. The second kappa shape index (κ2) is 9.77. The summed E-state index contributed by atoms with van der Waals surface area (Å²) in [6, 6.07) is 16.1. The zero-order valence-electron chi connectivity index (χ0n) is 21.0. The van der Waals surface area contributed by atoms with Gasteiger partial charge in [0.15, 0.2) is 5.54 Å². The van der Waals surface area contributed by atoms with Gasteiger partial charge >= 0.3 is 24.1 Å². The number of rotatable bonds is 6. The number of carbonyl (C=O) groups excluding carboxylic acids is 1. The number of esters is 1. The molecule has 208 valence electrons. The molecule has 4 aromatic carbocycles. The van der Waals surface area contributed by atoms with E-state index in [-0.39, 0.29) is 22.3 Å². The lowest BCUT2D eigenvalue weighted by molar-refractivity contribution is -0.141. The minimum absolute atomic E-state index is 0.0488. The first-order valence-corrected chi connectivity index (χ1v) is 12.0. The number of aromatic carboxylic acids is 1. The van der Waals surface area contributed by atoms with Gasteiger partial charge in [-0.25, -0.2) is 18.8 Å². The predicted octanol–water partition coefficient (Wildman–Crippen LogP) is 6.42. The van der Waals surface area contributed by atoms with Gasteiger partial charge in [-0.1, -0.05) is 36.4 Å². The van der Waals surface area contributed by atoms with Gasteiger partial charge in [-0.05, 0) is 64.7 Å². The van der Waals surface area contributed by atoms with Crippen LogP contribution in [-0.4, -0.2) is 35.2 Å². The Balaban J connectivity index is 1.82. The van der Waals surface area contributed by atoms with Gasteiger partial charge < -0.3 is 20.3 Å². The van der Waals surface area contributed by atoms with Crippen LogP contribution in [0.4, 0.5) is 23.2 Å². The van der Waals surface area contributed by atoms with Crippen molar-refractivity contribution in [2.24, 2.45) is 0 Å². The fourth-order valence-corrected chi connectivity index (χ4v) is 5.09. The summed E-state index contributed by atoms with van der Waals surface area (Å²) in [5, 5.41) is 22.9. The molecule has 0 bridgehead atoms. The van der Waals surface area contributed by atoms with E-state index in [4.69, 9.17) is 4.74 Å². The normalized spacial score (nSPS) is 15.5. The number of hydrogen-bond acceptors (Lipinski definition) is 5. The molecule has 3 N–H and O–H groups in total. The molecule has 0 radical (unpaired) electrons. The molecular weight excluding hydrogens is 546 g/mol. The van der Waals surface area contributed by atoms with Gasteiger partial charge in [0.1, 0.15) is 5.82 Å². The monoisotopic (exact) mass is 565 g/mol. The van der Waals surface area contributed by atoms with Gasteiger partial charge in [0, 0.05) is 11.1 Å². The van der Waals surface area contributed by atoms with Crippen LogP contribution < -0.4 is 5.32 Å². The molecule has 1 unspecified atom stereocenters. The van der Waals surface area contributed by atoms with Crippen LogP contribution in [0.15, 0.2) is 78.9 Å². The Morgan fingerprint density at radius 1 is 0.829 bits per heavy atom. The van der Waals surface area contributed by atoms with Crippen molar-refractivity contribution >= 4 is 23.6 Å². The highest BCUT2D eigenvalue weighted by Crippen LogP contribution is 2.53. The number of ether oxygens (including phenoxy) is 1. The van der Waals surface area contributed by atoms with Crippen molar-refractivity contribution < 1.29 is 46.9 Å². The van der Waals surface area contributed by atoms with Crippen LogP contribution in [0.1, 0.15) is 37.4 Å². The fourth-order valence-electron chi connectivity index (χ4n) is 5.09. The fraction of sp³-hybridized carbons (Fsp3) is 0.100. The highest BCUT2D eigenvalue weighted by atomic mass is 19.4. The molecule has 1 aliphatic carbocycles. The van der Waals surface area contributed by atoms with Crippen molar-refractivity contribution in [2.45, 2.75) is 11.7 Å². The third-order valence-electron chi connectivity index (χ3n) is 6.95. The smallest absolute Gasteiger partial charge is 0.416 e. The summed E-state index contributed by atoms with van der Waals surface area (Å²) in [6.45, 7) is 0. The van der Waals surface area contributed by atoms with E-state index in [1.807, 2.05) is 0 Å². The Morgan fingerprint density at radius 3 is 2.10 bits per heavy atom. The third kappa shape index (κ3) is 4.45. The molecule has 0 saturated heterocycles. The van der Waals surface area contributed by atoms with Crippen LogP contribution in [0.5, 0.6) is 0 Å². The van der Waals surface area contributed by atoms with Gasteiger partial charge in [0.05, 0.1) is 29.5 Å². The maximum absolute atomic E-state index is 15.0. The van der Waals surface area contributed by atoms with E-state index < -0.39 is 46.7 Å². The van der Waals surface area contributed by atoms with Crippen molar-refractivity contribution in [3.05, 3.63) is 112 Å². The molecule has 0 spiro atoms. The molecule has 0 heterocycles. The molecule has 0 aromatic heterocycles. The molecule has 7 nitrogen and oxygen atoms in total. The summed E-state index contributed by atoms with van der Waals surface area (Å²) < 4.78 is 60.3. The Morgan fingerprint density at radius 2 is 1.49 bits per heavy atom. The number of carboxylic acid groups (broad SMARTS) is 2. The number of benzene rings is 4. The molecule has 4 aromatic rings. The van der Waals surface area contributed by atoms with E-state index in [1.54, 1.807) is 18.2 Å². The predicted molar refractivity (Wildman–Crippen MR) is 139 cm³/mol. The minimum Gasteiger partial charge on any atom is -0.479 e. The lowest BCUT2D eigenvalue weighted by Gasteiger charge is -2.32. The van der Waals surface area contributed by atoms with E-state index in [0.717, 1.165) is 6.07 Å². The lowest BCUT2D eigenvalue weighted by atomic mass is 9.82. The number of hydrogen-bond donors (Lipinski definition) is 3. The van der Waals surface area contributed by atoms with Crippen LogP contribution in [-0.2, 0) is 21.2 Å². The number of anilines is 1. The van der Waals surface area contributed by atoms with Crippen molar-refractivity contribution in [1.82, 2.24) is 0 Å². The molecule has 1 aliphatic rings. The summed E-state index contributed by atoms with van der Waals surface area (Å²) in [4.78, 5) is 37.0. The first-order chi connectivity index (χ1) is 19.4. The van der Waals surface area contributed by atoms with Crippen LogP contribution in [0.3, 0.4) is 0 Å². The highest BCUT2D eigenvalue weighted by Gasteiger charge is 2.52. The molecule has 0 aliphatic heterocycles. The second-order valence-electron chi connectivity index (χ2n) is 9.24. The number of alkyl halides is 3. The van der Waals surface area contributed by atoms with Crippen molar-refractivity contribution in [2.75, 3.05) is 12.4 Å². The van der Waals surface area contributed by atoms with Gasteiger partial charge in [-0.2, -0.15) is 13.2 Å². The SMILES string of the molecule is COC(=O)c1ccc(-c2cccc3c2C(Nc2cc(C(F)(F)F)ccc2F)(C(=O)O)c2cc(C(=O)O)ccc2-3)cc1. The Labute approximate surface area is 229 Å². The molecular formula is C30H19F4NO6. The van der Waals surface area contributed by atoms with Crippen molar-refractivity contribution in [3.8, 4) is 22.3 Å². The number of nitrogens with one attached hydrogen (secondary N) is 1. The molecule has 5 rings (SSSR count). The number of aliphatic carboxylic acids is 1. The van der Waals surface area contributed by atoms with Crippen molar-refractivity contribution in [3.63, 3.8) is 0 Å². The van der Waals surface area contributed by atoms with E-state index in [0.29, 0.717) is 40.5 Å². The summed E-state index contributed by atoms with van der Waals surface area (Å²) in [7, 11) is 1.21. The maximum Gasteiger partial charge on any atom is 0.416 e. The van der Waals surface area contributed by atoms with E-state index in [2.05, 4.69) is 5.32 Å². The largest absolute Gasteiger partial charge is 0.479 e. The summed E-state index contributed by atoms with van der Waals surface area (Å²) in [6.07, 6.45) is -4.85. The van der Waals surface area contributed by atoms with Gasteiger partial charge in [-0.3, -0.25) is 0 Å². The van der Waals surface area contributed by atoms with E-state index in [9.17, 15) is 37.8 Å².